The number of hydrogen-bond donors (Lipinski definition) is 0. The van der Waals surface area contributed by atoms with Gasteiger partial charge in [-0.3, -0.25) is 9.10 Å². The van der Waals surface area contributed by atoms with Gasteiger partial charge in [0, 0.05) is 13.1 Å². The Bertz CT molecular complexity index is 1410. The smallest absolute Gasteiger partial charge is 0.264 e. The van der Waals surface area contributed by atoms with Crippen molar-refractivity contribution in [3.63, 3.8) is 0 Å². The summed E-state index contributed by atoms with van der Waals surface area (Å²) in [5.74, 6) is -0.274. The second kappa shape index (κ2) is 11.4. The molecule has 4 aromatic carbocycles. The van der Waals surface area contributed by atoms with E-state index in [1.54, 1.807) is 35.2 Å². The fourth-order valence-corrected chi connectivity index (χ4v) is 5.68. The molecule has 0 heterocycles. The monoisotopic (exact) mass is 512 g/mol. The largest absolute Gasteiger partial charge is 0.332 e. The van der Waals surface area contributed by atoms with E-state index in [2.05, 4.69) is 0 Å². The number of amides is 1. The molecule has 0 atom stereocenters. The molecule has 0 bridgehead atoms. The fraction of sp³-hybridized carbons (Fsp3) is 0.194. The van der Waals surface area contributed by atoms with Crippen molar-refractivity contribution >= 4 is 21.6 Å². The molecule has 0 aliphatic heterocycles. The number of anilines is 1. The number of benzene rings is 4. The first-order valence-electron chi connectivity index (χ1n) is 12.3. The van der Waals surface area contributed by atoms with Crippen LogP contribution >= 0.6 is 0 Å². The standard InChI is InChI=1S/C31H32N2O3S/c1-24-17-19-29(20-18-24)37(35,36)33(30-16-10-11-25(2)26(30)3)23-31(34)32(21-27-12-6-4-7-13-27)22-28-14-8-5-9-15-28/h4-20H,21-23H2,1-3H3. The molecule has 4 rings (SSSR count). The highest BCUT2D eigenvalue weighted by atomic mass is 32.2. The molecule has 0 spiro atoms. The molecule has 0 fully saturated rings. The van der Waals surface area contributed by atoms with Crippen LogP contribution in [0, 0.1) is 20.8 Å². The van der Waals surface area contributed by atoms with Gasteiger partial charge < -0.3 is 4.90 Å². The van der Waals surface area contributed by atoms with E-state index in [0.717, 1.165) is 27.8 Å². The van der Waals surface area contributed by atoms with Crippen molar-refractivity contribution in [1.29, 1.82) is 0 Å². The molecule has 37 heavy (non-hydrogen) atoms. The lowest BCUT2D eigenvalue weighted by atomic mass is 10.1. The van der Waals surface area contributed by atoms with Crippen LogP contribution in [0.4, 0.5) is 5.69 Å². The molecule has 0 saturated carbocycles. The van der Waals surface area contributed by atoms with E-state index < -0.39 is 10.0 Å². The maximum atomic E-state index is 13.9. The zero-order chi connectivity index (χ0) is 26.4. The molecular weight excluding hydrogens is 480 g/mol. The first-order valence-corrected chi connectivity index (χ1v) is 13.7. The molecule has 0 radical (unpaired) electrons. The van der Waals surface area contributed by atoms with E-state index in [1.807, 2.05) is 93.6 Å². The fourth-order valence-electron chi connectivity index (χ4n) is 4.21. The van der Waals surface area contributed by atoms with Gasteiger partial charge in [0.15, 0.2) is 0 Å². The van der Waals surface area contributed by atoms with Gasteiger partial charge >= 0.3 is 0 Å². The maximum absolute atomic E-state index is 13.9. The summed E-state index contributed by atoms with van der Waals surface area (Å²) >= 11 is 0. The van der Waals surface area contributed by atoms with Crippen molar-refractivity contribution in [2.24, 2.45) is 0 Å². The van der Waals surface area contributed by atoms with E-state index in [4.69, 9.17) is 0 Å². The summed E-state index contributed by atoms with van der Waals surface area (Å²) in [5.41, 5.74) is 5.21. The van der Waals surface area contributed by atoms with Crippen LogP contribution in [-0.4, -0.2) is 25.8 Å². The molecule has 0 aliphatic rings. The molecule has 190 valence electrons. The zero-order valence-electron chi connectivity index (χ0n) is 21.5. The van der Waals surface area contributed by atoms with E-state index in [1.165, 1.54) is 4.31 Å². The average molecular weight is 513 g/mol. The summed E-state index contributed by atoms with van der Waals surface area (Å²) in [5, 5.41) is 0. The lowest BCUT2D eigenvalue weighted by Crippen LogP contribution is -2.43. The van der Waals surface area contributed by atoms with Gasteiger partial charge in [0.2, 0.25) is 5.91 Å². The Balaban J connectivity index is 1.73. The quantitative estimate of drug-likeness (QED) is 0.275. The Hall–Kier alpha value is -3.90. The Morgan fingerprint density at radius 2 is 1.22 bits per heavy atom. The third-order valence-corrected chi connectivity index (χ3v) is 8.29. The first kappa shape index (κ1) is 26.2. The highest BCUT2D eigenvalue weighted by molar-refractivity contribution is 7.92. The van der Waals surface area contributed by atoms with Crippen LogP contribution in [0.2, 0.25) is 0 Å². The van der Waals surface area contributed by atoms with Gasteiger partial charge in [-0.2, -0.15) is 0 Å². The zero-order valence-corrected chi connectivity index (χ0v) is 22.3. The molecule has 5 nitrogen and oxygen atoms in total. The van der Waals surface area contributed by atoms with Crippen molar-refractivity contribution in [1.82, 2.24) is 4.90 Å². The Labute approximate surface area is 220 Å². The minimum Gasteiger partial charge on any atom is -0.332 e. The maximum Gasteiger partial charge on any atom is 0.264 e. The van der Waals surface area contributed by atoms with E-state index in [9.17, 15) is 13.2 Å². The highest BCUT2D eigenvalue weighted by Crippen LogP contribution is 2.29. The molecule has 0 unspecified atom stereocenters. The third-order valence-electron chi connectivity index (χ3n) is 6.52. The Morgan fingerprint density at radius 3 is 1.76 bits per heavy atom. The lowest BCUT2D eigenvalue weighted by molar-refractivity contribution is -0.130. The molecule has 4 aromatic rings. The Kier molecular flexibility index (Phi) is 8.09. The van der Waals surface area contributed by atoms with Crippen LogP contribution in [0.3, 0.4) is 0 Å². The summed E-state index contributed by atoms with van der Waals surface area (Å²) < 4.78 is 29.1. The summed E-state index contributed by atoms with van der Waals surface area (Å²) in [6, 6.07) is 31.7. The van der Waals surface area contributed by atoms with Gasteiger partial charge in [-0.05, 0) is 61.2 Å². The number of carbonyl (C=O) groups is 1. The summed E-state index contributed by atoms with van der Waals surface area (Å²) in [6.45, 7) is 6.18. The summed E-state index contributed by atoms with van der Waals surface area (Å²) in [7, 11) is -4.00. The number of carbonyl (C=O) groups excluding carboxylic acids is 1. The topological polar surface area (TPSA) is 57.7 Å². The second-order valence-corrected chi connectivity index (χ2v) is 11.1. The SMILES string of the molecule is Cc1ccc(S(=O)(=O)N(CC(=O)N(Cc2ccccc2)Cc2ccccc2)c2cccc(C)c2C)cc1. The summed E-state index contributed by atoms with van der Waals surface area (Å²) in [6.07, 6.45) is 0. The number of hydrogen-bond acceptors (Lipinski definition) is 3. The number of sulfonamides is 1. The second-order valence-electron chi connectivity index (χ2n) is 9.26. The van der Waals surface area contributed by atoms with Crippen molar-refractivity contribution < 1.29 is 13.2 Å². The predicted molar refractivity (Wildman–Crippen MR) is 149 cm³/mol. The van der Waals surface area contributed by atoms with Crippen molar-refractivity contribution in [2.75, 3.05) is 10.8 Å². The van der Waals surface area contributed by atoms with Crippen molar-refractivity contribution in [3.8, 4) is 0 Å². The first-order chi connectivity index (χ1) is 17.8. The normalized spacial score (nSPS) is 11.2. The minimum atomic E-state index is -4.00. The van der Waals surface area contributed by atoms with Gasteiger partial charge in [-0.15, -0.1) is 0 Å². The van der Waals surface area contributed by atoms with Crippen molar-refractivity contribution in [3.05, 3.63) is 131 Å². The van der Waals surface area contributed by atoms with Crippen LogP contribution in [-0.2, 0) is 27.9 Å². The van der Waals surface area contributed by atoms with Gasteiger partial charge in [0.05, 0.1) is 10.6 Å². The molecule has 0 saturated heterocycles. The average Bonchev–Trinajstić information content (AvgIpc) is 2.90. The van der Waals surface area contributed by atoms with Crippen LogP contribution in [0.25, 0.3) is 0 Å². The van der Waals surface area contributed by atoms with E-state index in [0.29, 0.717) is 18.8 Å². The van der Waals surface area contributed by atoms with Crippen LogP contribution < -0.4 is 4.31 Å². The lowest BCUT2D eigenvalue weighted by Gasteiger charge is -2.30. The van der Waals surface area contributed by atoms with Gasteiger partial charge in [-0.1, -0.05) is 90.5 Å². The molecular formula is C31H32N2O3S. The third kappa shape index (κ3) is 6.27. The minimum absolute atomic E-state index is 0.157. The van der Waals surface area contributed by atoms with Crippen LogP contribution in [0.5, 0.6) is 0 Å². The Morgan fingerprint density at radius 1 is 0.676 bits per heavy atom. The number of aryl methyl sites for hydroxylation is 2. The van der Waals surface area contributed by atoms with Gasteiger partial charge in [0.1, 0.15) is 6.54 Å². The van der Waals surface area contributed by atoms with Gasteiger partial charge in [-0.25, -0.2) is 8.42 Å². The number of nitrogens with zero attached hydrogens (tertiary/aromatic N) is 2. The van der Waals surface area contributed by atoms with Crippen LogP contribution in [0.1, 0.15) is 27.8 Å². The molecule has 6 heteroatoms. The molecule has 0 aliphatic carbocycles. The summed E-state index contributed by atoms with van der Waals surface area (Å²) in [4.78, 5) is 15.8. The molecule has 1 amide bonds. The number of rotatable bonds is 9. The van der Waals surface area contributed by atoms with Gasteiger partial charge in [0.25, 0.3) is 10.0 Å². The van der Waals surface area contributed by atoms with Crippen molar-refractivity contribution in [2.45, 2.75) is 38.8 Å². The van der Waals surface area contributed by atoms with E-state index in [-0.39, 0.29) is 17.3 Å². The molecule has 0 N–H and O–H groups in total. The highest BCUT2D eigenvalue weighted by Gasteiger charge is 2.30. The van der Waals surface area contributed by atoms with E-state index >= 15 is 0 Å². The predicted octanol–water partition coefficient (Wildman–Crippen LogP) is 6.04. The van der Waals surface area contributed by atoms with Crippen LogP contribution in [0.15, 0.2) is 108 Å². The molecule has 0 aromatic heterocycles.